The predicted octanol–water partition coefficient (Wildman–Crippen LogP) is 2.84. The van der Waals surface area contributed by atoms with Gasteiger partial charge >= 0.3 is 0 Å². The van der Waals surface area contributed by atoms with Gasteiger partial charge in [-0.1, -0.05) is 12.1 Å². The van der Waals surface area contributed by atoms with Crippen molar-refractivity contribution >= 4 is 11.7 Å². The molecule has 0 saturated heterocycles. The molecule has 1 saturated carbocycles. The zero-order valence-electron chi connectivity index (χ0n) is 11.5. The molecule has 0 unspecified atom stereocenters. The summed E-state index contributed by atoms with van der Waals surface area (Å²) in [5.41, 5.74) is 2.22. The van der Waals surface area contributed by atoms with Crippen LogP contribution in [0.1, 0.15) is 29.7 Å². The molecule has 1 aromatic heterocycles. The van der Waals surface area contributed by atoms with Gasteiger partial charge in [0, 0.05) is 11.3 Å². The normalized spacial score (nSPS) is 15.9. The van der Waals surface area contributed by atoms with Crippen LogP contribution >= 0.6 is 0 Å². The number of nitrogens with one attached hydrogen (secondary N) is 2. The Labute approximate surface area is 116 Å². The average Bonchev–Trinajstić information content (AvgIpc) is 3.19. The molecule has 0 bridgehead atoms. The van der Waals surface area contributed by atoms with Crippen LogP contribution in [-0.2, 0) is 10.2 Å². The highest BCUT2D eigenvalue weighted by Gasteiger charge is 2.51. The van der Waals surface area contributed by atoms with Gasteiger partial charge in [-0.05, 0) is 44.4 Å². The lowest BCUT2D eigenvalue weighted by atomic mass is 9.95. The molecule has 4 nitrogen and oxygen atoms in total. The molecule has 1 aromatic carbocycles. The molecule has 0 atom stereocenters. The highest BCUT2D eigenvalue weighted by Crippen LogP contribution is 2.49. The van der Waals surface area contributed by atoms with Crippen LogP contribution in [0.3, 0.4) is 0 Å². The minimum atomic E-state index is -0.521. The molecule has 1 fully saturated rings. The minimum Gasteiger partial charge on any atom is -0.308 e. The van der Waals surface area contributed by atoms with E-state index < -0.39 is 5.41 Å². The average molecular weight is 273 g/mol. The van der Waals surface area contributed by atoms with Gasteiger partial charge in [0.25, 0.3) is 0 Å². The Morgan fingerprint density at radius 3 is 2.45 bits per heavy atom. The van der Waals surface area contributed by atoms with Gasteiger partial charge in [-0.25, -0.2) is 4.39 Å². The number of rotatable bonds is 3. The molecule has 2 N–H and O–H groups in total. The Bertz CT molecular complexity index is 656. The first-order valence-electron chi connectivity index (χ1n) is 6.62. The zero-order chi connectivity index (χ0) is 14.3. The molecule has 2 aromatic rings. The van der Waals surface area contributed by atoms with Crippen LogP contribution in [0.15, 0.2) is 24.3 Å². The van der Waals surface area contributed by atoms with Gasteiger partial charge in [-0.3, -0.25) is 9.89 Å². The molecule has 104 valence electrons. The molecule has 1 aliphatic rings. The largest absolute Gasteiger partial charge is 0.308 e. The van der Waals surface area contributed by atoms with Crippen molar-refractivity contribution in [1.29, 1.82) is 0 Å². The maximum atomic E-state index is 13.0. The van der Waals surface area contributed by atoms with E-state index in [1.165, 1.54) is 12.1 Å². The molecule has 5 heteroatoms. The molecule has 1 amide bonds. The summed E-state index contributed by atoms with van der Waals surface area (Å²) in [6.07, 6.45) is 1.57. The van der Waals surface area contributed by atoms with E-state index in [9.17, 15) is 9.18 Å². The summed E-state index contributed by atoms with van der Waals surface area (Å²) in [4.78, 5) is 12.5. The van der Waals surface area contributed by atoms with Crippen molar-refractivity contribution in [3.05, 3.63) is 46.9 Å². The number of halogens is 1. The van der Waals surface area contributed by atoms with E-state index in [-0.39, 0.29) is 11.7 Å². The summed E-state index contributed by atoms with van der Waals surface area (Å²) in [5.74, 6) is 0.211. The molecule has 0 aliphatic heterocycles. The SMILES string of the molecule is Cc1[nH]nc(NC(=O)C2(c3ccc(F)cc3)CC2)c1C. The summed E-state index contributed by atoms with van der Waals surface area (Å²) in [6.45, 7) is 3.82. The van der Waals surface area contributed by atoms with Crippen LogP contribution in [0.25, 0.3) is 0 Å². The molecule has 3 rings (SSSR count). The van der Waals surface area contributed by atoms with Gasteiger partial charge in [0.05, 0.1) is 5.41 Å². The van der Waals surface area contributed by atoms with E-state index in [1.807, 2.05) is 13.8 Å². The first-order valence-corrected chi connectivity index (χ1v) is 6.62. The Morgan fingerprint density at radius 1 is 1.30 bits per heavy atom. The first kappa shape index (κ1) is 12.8. The van der Waals surface area contributed by atoms with Crippen LogP contribution in [0.4, 0.5) is 10.2 Å². The van der Waals surface area contributed by atoms with Crippen molar-refractivity contribution in [3.8, 4) is 0 Å². The summed E-state index contributed by atoms with van der Waals surface area (Å²) in [6, 6.07) is 6.16. The topological polar surface area (TPSA) is 57.8 Å². The lowest BCUT2D eigenvalue weighted by Crippen LogP contribution is -2.28. The Kier molecular flexibility index (Phi) is 2.85. The van der Waals surface area contributed by atoms with Gasteiger partial charge < -0.3 is 5.32 Å². The van der Waals surface area contributed by atoms with Crippen molar-refractivity contribution < 1.29 is 9.18 Å². The number of aromatic nitrogens is 2. The van der Waals surface area contributed by atoms with Crippen LogP contribution in [0, 0.1) is 19.7 Å². The van der Waals surface area contributed by atoms with E-state index >= 15 is 0 Å². The summed E-state index contributed by atoms with van der Waals surface area (Å²) in [7, 11) is 0. The quantitative estimate of drug-likeness (QED) is 0.903. The second-order valence-electron chi connectivity index (χ2n) is 5.37. The first-order chi connectivity index (χ1) is 9.53. The molecular formula is C15H16FN3O. The second-order valence-corrected chi connectivity index (χ2v) is 5.37. The van der Waals surface area contributed by atoms with Crippen molar-refractivity contribution in [2.75, 3.05) is 5.32 Å². The molecule has 1 aliphatic carbocycles. The number of hydrogen-bond acceptors (Lipinski definition) is 2. The lowest BCUT2D eigenvalue weighted by Gasteiger charge is -2.15. The van der Waals surface area contributed by atoms with Gasteiger partial charge in [0.2, 0.25) is 5.91 Å². The maximum absolute atomic E-state index is 13.0. The van der Waals surface area contributed by atoms with Gasteiger partial charge in [0.1, 0.15) is 5.82 Å². The molecule has 20 heavy (non-hydrogen) atoms. The van der Waals surface area contributed by atoms with Crippen molar-refractivity contribution in [2.24, 2.45) is 0 Å². The molecule has 0 radical (unpaired) electrons. The van der Waals surface area contributed by atoms with E-state index in [4.69, 9.17) is 0 Å². The number of anilines is 1. The van der Waals surface area contributed by atoms with Gasteiger partial charge in [-0.2, -0.15) is 5.10 Å². The number of aryl methyl sites for hydroxylation is 1. The number of aromatic amines is 1. The minimum absolute atomic E-state index is 0.0706. The summed E-state index contributed by atoms with van der Waals surface area (Å²) < 4.78 is 13.0. The van der Waals surface area contributed by atoms with Crippen molar-refractivity contribution in [1.82, 2.24) is 10.2 Å². The fourth-order valence-electron chi connectivity index (χ4n) is 2.37. The third-order valence-corrected chi connectivity index (χ3v) is 4.07. The monoisotopic (exact) mass is 273 g/mol. The van der Waals surface area contributed by atoms with E-state index in [0.717, 1.165) is 29.7 Å². The third-order valence-electron chi connectivity index (χ3n) is 4.07. The standard InChI is InChI=1S/C15H16FN3O/c1-9-10(2)18-19-13(9)17-14(20)15(7-8-15)11-3-5-12(16)6-4-11/h3-6H,7-8H2,1-2H3,(H2,17,18,19,20). The predicted molar refractivity (Wildman–Crippen MR) is 74.0 cm³/mol. The molecule has 1 heterocycles. The Morgan fingerprint density at radius 2 is 1.95 bits per heavy atom. The number of nitrogens with zero attached hydrogens (tertiary/aromatic N) is 1. The summed E-state index contributed by atoms with van der Waals surface area (Å²) >= 11 is 0. The van der Waals surface area contributed by atoms with Crippen molar-refractivity contribution in [2.45, 2.75) is 32.1 Å². The number of carbonyl (C=O) groups is 1. The highest BCUT2D eigenvalue weighted by atomic mass is 19.1. The molecule has 0 spiro atoms. The van der Waals surface area contributed by atoms with Crippen LogP contribution < -0.4 is 5.32 Å². The summed E-state index contributed by atoms with van der Waals surface area (Å²) in [5, 5.41) is 9.81. The van der Waals surface area contributed by atoms with Gasteiger partial charge in [0.15, 0.2) is 5.82 Å². The number of carbonyl (C=O) groups excluding carboxylic acids is 1. The lowest BCUT2D eigenvalue weighted by molar-refractivity contribution is -0.118. The maximum Gasteiger partial charge on any atom is 0.236 e. The smallest absolute Gasteiger partial charge is 0.236 e. The van der Waals surface area contributed by atoms with E-state index in [2.05, 4.69) is 15.5 Å². The Balaban J connectivity index is 1.83. The van der Waals surface area contributed by atoms with Crippen LogP contribution in [-0.4, -0.2) is 16.1 Å². The number of benzene rings is 1. The molecular weight excluding hydrogens is 257 g/mol. The Hall–Kier alpha value is -2.17. The van der Waals surface area contributed by atoms with Crippen molar-refractivity contribution in [3.63, 3.8) is 0 Å². The number of hydrogen-bond donors (Lipinski definition) is 2. The third kappa shape index (κ3) is 1.99. The zero-order valence-corrected chi connectivity index (χ0v) is 11.5. The number of amides is 1. The van der Waals surface area contributed by atoms with Crippen LogP contribution in [0.2, 0.25) is 0 Å². The van der Waals surface area contributed by atoms with E-state index in [1.54, 1.807) is 12.1 Å². The number of H-pyrrole nitrogens is 1. The second kappa shape index (κ2) is 4.44. The fourth-order valence-corrected chi connectivity index (χ4v) is 2.37. The van der Waals surface area contributed by atoms with Gasteiger partial charge in [-0.15, -0.1) is 0 Å². The van der Waals surface area contributed by atoms with Crippen LogP contribution in [0.5, 0.6) is 0 Å². The van der Waals surface area contributed by atoms with E-state index in [0.29, 0.717) is 5.82 Å². The highest BCUT2D eigenvalue weighted by molar-refractivity contribution is 6.01. The fraction of sp³-hybridized carbons (Fsp3) is 0.333.